The van der Waals surface area contributed by atoms with Crippen molar-refractivity contribution < 1.29 is 86.4 Å². The summed E-state index contributed by atoms with van der Waals surface area (Å²) in [5.41, 5.74) is 0. The van der Waals surface area contributed by atoms with Gasteiger partial charge in [-0.3, -0.25) is 4.55 Å². The molecule has 0 aromatic carbocycles. The van der Waals surface area contributed by atoms with E-state index in [9.17, 15) is 49.3 Å². The Morgan fingerprint density at radius 1 is 0.700 bits per heavy atom. The summed E-state index contributed by atoms with van der Waals surface area (Å²) in [6, 6.07) is 0. The third-order valence-corrected chi connectivity index (χ3v) is 7.16. The third kappa shape index (κ3) is 7.82. The molecule has 18 nitrogen and oxygen atoms in total. The van der Waals surface area contributed by atoms with Crippen LogP contribution in [0.4, 0.5) is 0 Å². The zero-order chi connectivity index (χ0) is 29.9. The van der Waals surface area contributed by atoms with E-state index < -0.39 is 116 Å². The monoisotopic (exact) mass is 610 g/mol. The first-order valence-corrected chi connectivity index (χ1v) is 13.9. The molecule has 0 saturated carbocycles. The lowest BCUT2D eigenvalue weighted by Gasteiger charge is -2.49. The van der Waals surface area contributed by atoms with E-state index in [1.807, 2.05) is 0 Å². The van der Waals surface area contributed by atoms with Gasteiger partial charge in [-0.1, -0.05) is 6.92 Å². The molecule has 0 radical (unpaired) electrons. The van der Waals surface area contributed by atoms with E-state index in [-0.39, 0.29) is 6.61 Å². The Balaban J connectivity index is 1.96. The number of ether oxygens (including phenoxy) is 6. The molecule has 3 fully saturated rings. The Kier molecular flexibility index (Phi) is 12.0. The molecule has 236 valence electrons. The van der Waals surface area contributed by atoms with E-state index in [4.69, 9.17) is 33.0 Å². The summed E-state index contributed by atoms with van der Waals surface area (Å²) >= 11 is 0. The van der Waals surface area contributed by atoms with Crippen LogP contribution in [0.3, 0.4) is 0 Å². The first-order chi connectivity index (χ1) is 18.7. The highest BCUT2D eigenvalue weighted by Crippen LogP contribution is 2.34. The Labute approximate surface area is 229 Å². The van der Waals surface area contributed by atoms with Gasteiger partial charge in [-0.2, -0.15) is 8.42 Å². The molecule has 3 aliphatic rings. The fraction of sp³-hybridized carbons (Fsp3) is 1.00. The number of rotatable bonds is 11. The summed E-state index contributed by atoms with van der Waals surface area (Å²) in [5, 5.41) is 82.0. The molecule has 9 N–H and O–H groups in total. The summed E-state index contributed by atoms with van der Waals surface area (Å²) in [6.07, 6.45) is -24.5. The molecule has 0 spiro atoms. The highest BCUT2D eigenvalue weighted by atomic mass is 32.3. The Hall–Kier alpha value is -0.690. The van der Waals surface area contributed by atoms with Gasteiger partial charge >= 0.3 is 10.4 Å². The first kappa shape index (κ1) is 33.8. The molecule has 19 heteroatoms. The highest BCUT2D eigenvalue weighted by Gasteiger charge is 2.54. The van der Waals surface area contributed by atoms with Crippen molar-refractivity contribution in [1.29, 1.82) is 0 Å². The summed E-state index contributed by atoms with van der Waals surface area (Å²) in [5.74, 6) is 0. The highest BCUT2D eigenvalue weighted by molar-refractivity contribution is 7.80. The van der Waals surface area contributed by atoms with Crippen molar-refractivity contribution >= 4 is 10.4 Å². The van der Waals surface area contributed by atoms with Gasteiger partial charge in [0.15, 0.2) is 18.9 Å². The molecule has 3 aliphatic heterocycles. The zero-order valence-corrected chi connectivity index (χ0v) is 22.4. The number of hydrogen-bond acceptors (Lipinski definition) is 17. The molecule has 0 unspecified atom stereocenters. The minimum absolute atomic E-state index is 0.0447. The van der Waals surface area contributed by atoms with Crippen molar-refractivity contribution in [3.8, 4) is 0 Å². The van der Waals surface area contributed by atoms with Gasteiger partial charge in [-0.25, -0.2) is 4.18 Å². The largest absolute Gasteiger partial charge is 0.397 e. The molecule has 3 saturated heterocycles. The van der Waals surface area contributed by atoms with Crippen LogP contribution in [0.5, 0.6) is 0 Å². The second-order valence-corrected chi connectivity index (χ2v) is 10.8. The molecule has 3 heterocycles. The number of aliphatic hydroxyl groups excluding tert-OH is 8. The van der Waals surface area contributed by atoms with Gasteiger partial charge in [0, 0.05) is 6.61 Å². The average molecular weight is 611 g/mol. The van der Waals surface area contributed by atoms with E-state index in [0.29, 0.717) is 6.42 Å². The molecule has 0 amide bonds. The Morgan fingerprint density at radius 3 is 1.82 bits per heavy atom. The fourth-order valence-corrected chi connectivity index (χ4v) is 4.79. The topological polar surface area (TPSA) is 281 Å². The summed E-state index contributed by atoms with van der Waals surface area (Å²) < 4.78 is 69.6. The normalized spacial score (nSPS) is 46.8. The average Bonchev–Trinajstić information content (AvgIpc) is 2.90. The Bertz CT molecular complexity index is 891. The third-order valence-electron chi connectivity index (χ3n) is 6.72. The molecule has 0 aromatic heterocycles. The minimum Gasteiger partial charge on any atom is -0.394 e. The van der Waals surface area contributed by atoms with Crippen molar-refractivity contribution in [3.63, 3.8) is 0 Å². The maximum Gasteiger partial charge on any atom is 0.397 e. The van der Waals surface area contributed by atoms with Crippen LogP contribution in [0.15, 0.2) is 0 Å². The van der Waals surface area contributed by atoms with Gasteiger partial charge < -0.3 is 69.3 Å². The van der Waals surface area contributed by atoms with Crippen LogP contribution < -0.4 is 0 Å². The molecule has 0 aliphatic carbocycles. The molecular weight excluding hydrogens is 572 g/mol. The van der Waals surface area contributed by atoms with Crippen LogP contribution in [-0.2, 0) is 43.0 Å². The van der Waals surface area contributed by atoms with Crippen LogP contribution in [-0.4, -0.2) is 166 Å². The van der Waals surface area contributed by atoms with Crippen molar-refractivity contribution in [1.82, 2.24) is 0 Å². The molecule has 0 aromatic rings. The first-order valence-electron chi connectivity index (χ1n) is 12.6. The van der Waals surface area contributed by atoms with E-state index in [1.54, 1.807) is 6.92 Å². The smallest absolute Gasteiger partial charge is 0.394 e. The summed E-state index contributed by atoms with van der Waals surface area (Å²) in [6.45, 7) is 1.38. The van der Waals surface area contributed by atoms with Crippen molar-refractivity contribution in [3.05, 3.63) is 0 Å². The lowest BCUT2D eigenvalue weighted by molar-refractivity contribution is -0.385. The van der Waals surface area contributed by atoms with Crippen molar-refractivity contribution in [2.45, 2.75) is 112 Å². The second-order valence-electron chi connectivity index (χ2n) is 9.70. The Morgan fingerprint density at radius 2 is 1.25 bits per heavy atom. The predicted molar refractivity (Wildman–Crippen MR) is 124 cm³/mol. The molecule has 0 bridgehead atoms. The zero-order valence-electron chi connectivity index (χ0n) is 21.6. The number of hydrogen-bond donors (Lipinski definition) is 9. The van der Waals surface area contributed by atoms with Crippen molar-refractivity contribution in [2.75, 3.05) is 19.8 Å². The van der Waals surface area contributed by atoms with E-state index in [0.717, 1.165) is 0 Å². The molecular formula is C21H38O18S. The summed E-state index contributed by atoms with van der Waals surface area (Å²) in [7, 11) is -5.03. The van der Waals surface area contributed by atoms with Gasteiger partial charge in [0.1, 0.15) is 67.1 Å². The molecule has 15 atom stereocenters. The van der Waals surface area contributed by atoms with Gasteiger partial charge in [0.05, 0.1) is 19.3 Å². The van der Waals surface area contributed by atoms with Gasteiger partial charge in [-0.15, -0.1) is 0 Å². The number of aliphatic hydroxyl groups is 8. The quantitative estimate of drug-likeness (QED) is 0.0987. The van der Waals surface area contributed by atoms with E-state index in [1.165, 1.54) is 6.92 Å². The van der Waals surface area contributed by atoms with Gasteiger partial charge in [0.25, 0.3) is 0 Å². The van der Waals surface area contributed by atoms with Crippen LogP contribution in [0.2, 0.25) is 0 Å². The van der Waals surface area contributed by atoms with Crippen LogP contribution >= 0.6 is 0 Å². The lowest BCUT2D eigenvalue weighted by atomic mass is 9.96. The lowest BCUT2D eigenvalue weighted by Crippen LogP contribution is -2.67. The fourth-order valence-electron chi connectivity index (χ4n) is 4.49. The minimum atomic E-state index is -5.03. The maximum absolute atomic E-state index is 11.3. The SMILES string of the molecule is CCCO[C@@H]1O[C@H](COS(=O)(=O)O)[C@@H](O[C@@H]2O[C@H](CO)[C@H](O)[C@H](O)[C@H]2O)[C@H](O[C@@H]2O[C@@H](C)[C@@H](O)[C@@H](O)[C@@H]2O)[C@H]1O. The van der Waals surface area contributed by atoms with Gasteiger partial charge in [0.2, 0.25) is 0 Å². The predicted octanol–water partition coefficient (Wildman–Crippen LogP) is -5.28. The van der Waals surface area contributed by atoms with Crippen LogP contribution in [0, 0.1) is 0 Å². The van der Waals surface area contributed by atoms with E-state index in [2.05, 4.69) is 4.18 Å². The molecule has 40 heavy (non-hydrogen) atoms. The van der Waals surface area contributed by atoms with E-state index >= 15 is 0 Å². The van der Waals surface area contributed by atoms with Crippen LogP contribution in [0.25, 0.3) is 0 Å². The van der Waals surface area contributed by atoms with Gasteiger partial charge in [-0.05, 0) is 13.3 Å². The molecule has 3 rings (SSSR count). The standard InChI is InChI=1S/C21H38O18S/c1-3-4-33-19-16(29)18(39-20-14(27)12(25)10(23)7(2)35-20)17(9(37-19)6-34-40(30,31)32)38-21-15(28)13(26)11(24)8(5-22)36-21/h7-29H,3-6H2,1-2H3,(H,30,31,32)/t7-,8+,9+,10+,11-,12+,13-,14-,15+,16+,17+,18+,19+,20-,21-/m0/s1. The second kappa shape index (κ2) is 14.2. The van der Waals surface area contributed by atoms with Crippen molar-refractivity contribution in [2.24, 2.45) is 0 Å². The van der Waals surface area contributed by atoms with Crippen LogP contribution in [0.1, 0.15) is 20.3 Å². The summed E-state index contributed by atoms with van der Waals surface area (Å²) in [4.78, 5) is 0. The maximum atomic E-state index is 11.3.